The summed E-state index contributed by atoms with van der Waals surface area (Å²) in [5, 5.41) is 9.15. The average Bonchev–Trinajstić information content (AvgIpc) is 1.95. The van der Waals surface area contributed by atoms with Gasteiger partial charge in [-0.3, -0.25) is 0 Å². The van der Waals surface area contributed by atoms with Gasteiger partial charge < -0.3 is 0 Å². The molecule has 1 rings (SSSR count). The molecule has 0 atom stereocenters. The number of rotatable bonds is 1. The Balaban J connectivity index is 2.21. The average molecular weight is 142 g/mol. The molecule has 1 fully saturated rings. The molecule has 3 heteroatoms. The smallest absolute Gasteiger partial charge is 0.0624 e. The molecule has 1 aliphatic heterocycles. The topological polar surface area (TPSA) is 27.0 Å². The van der Waals surface area contributed by atoms with Gasteiger partial charge in [0, 0.05) is 19.5 Å². The van der Waals surface area contributed by atoms with Gasteiger partial charge in [0.05, 0.1) is 6.07 Å². The molecule has 10 heavy (non-hydrogen) atoms. The van der Waals surface area contributed by atoms with Crippen molar-refractivity contribution in [2.45, 2.75) is 19.3 Å². The molecular formula is C7H11FN2. The number of nitrogens with zero attached hydrogens (tertiary/aromatic N) is 2. The first-order chi connectivity index (χ1) is 4.83. The van der Waals surface area contributed by atoms with E-state index < -0.39 is 0 Å². The molecule has 0 aromatic rings. The number of hydrogen-bond donors (Lipinski definition) is 0. The fourth-order valence-corrected chi connectivity index (χ4v) is 1.23. The molecule has 0 aromatic heterocycles. The molecule has 1 aliphatic rings. The van der Waals surface area contributed by atoms with Crippen molar-refractivity contribution < 1.29 is 4.48 Å². The zero-order valence-electron chi connectivity index (χ0n) is 5.89. The first-order valence-corrected chi connectivity index (χ1v) is 3.60. The fourth-order valence-electron chi connectivity index (χ4n) is 1.23. The Labute approximate surface area is 60.2 Å². The molecule has 0 N–H and O–H groups in total. The van der Waals surface area contributed by atoms with Crippen molar-refractivity contribution >= 4 is 0 Å². The third-order valence-electron chi connectivity index (χ3n) is 1.94. The number of nitriles is 1. The highest BCUT2D eigenvalue weighted by molar-refractivity contribution is 4.78. The van der Waals surface area contributed by atoms with Gasteiger partial charge in [-0.15, -0.1) is 9.60 Å². The van der Waals surface area contributed by atoms with Gasteiger partial charge in [0.15, 0.2) is 0 Å². The summed E-state index contributed by atoms with van der Waals surface area (Å²) in [6.45, 7) is 1.01. The van der Waals surface area contributed by atoms with Crippen LogP contribution in [0.3, 0.4) is 0 Å². The highest BCUT2D eigenvalue weighted by Crippen LogP contribution is 2.19. The van der Waals surface area contributed by atoms with Crippen LogP contribution < -0.4 is 0 Å². The standard InChI is InChI=1S/C7H11FN2/c8-10-5-2-7(1-4-9)3-6-10/h7H,1-3,5-6H2. The predicted octanol–water partition coefficient (Wildman–Crippen LogP) is 1.50. The van der Waals surface area contributed by atoms with Gasteiger partial charge in [0.25, 0.3) is 0 Å². The molecule has 0 unspecified atom stereocenters. The summed E-state index contributed by atoms with van der Waals surface area (Å²) >= 11 is 0. The molecule has 1 heterocycles. The summed E-state index contributed by atoms with van der Waals surface area (Å²) < 4.78 is 12.3. The Morgan fingerprint density at radius 2 is 2.10 bits per heavy atom. The zero-order valence-corrected chi connectivity index (χ0v) is 5.89. The van der Waals surface area contributed by atoms with Gasteiger partial charge in [-0.1, -0.05) is 0 Å². The van der Waals surface area contributed by atoms with Gasteiger partial charge in [-0.2, -0.15) is 5.26 Å². The summed E-state index contributed by atoms with van der Waals surface area (Å²) in [6.07, 6.45) is 2.27. The van der Waals surface area contributed by atoms with Crippen LogP contribution in [0.25, 0.3) is 0 Å². The van der Waals surface area contributed by atoms with E-state index in [1.165, 1.54) is 0 Å². The summed E-state index contributed by atoms with van der Waals surface area (Å²) in [5.74, 6) is 0.442. The molecule has 0 radical (unpaired) electrons. The lowest BCUT2D eigenvalue weighted by atomic mass is 9.95. The van der Waals surface area contributed by atoms with Crippen LogP contribution >= 0.6 is 0 Å². The van der Waals surface area contributed by atoms with Crippen LogP contribution in [-0.4, -0.2) is 18.2 Å². The van der Waals surface area contributed by atoms with Crippen molar-refractivity contribution in [3.8, 4) is 6.07 Å². The second-order valence-electron chi connectivity index (χ2n) is 2.72. The van der Waals surface area contributed by atoms with E-state index >= 15 is 0 Å². The predicted molar refractivity (Wildman–Crippen MR) is 35.6 cm³/mol. The Morgan fingerprint density at radius 1 is 1.50 bits per heavy atom. The van der Waals surface area contributed by atoms with E-state index in [1.807, 2.05) is 0 Å². The first kappa shape index (κ1) is 7.49. The van der Waals surface area contributed by atoms with Gasteiger partial charge >= 0.3 is 0 Å². The molecule has 0 aliphatic carbocycles. The van der Waals surface area contributed by atoms with Crippen LogP contribution in [0.15, 0.2) is 0 Å². The lowest BCUT2D eigenvalue weighted by Crippen LogP contribution is -2.26. The van der Waals surface area contributed by atoms with Gasteiger partial charge in [0.1, 0.15) is 0 Å². The first-order valence-electron chi connectivity index (χ1n) is 3.60. The van der Waals surface area contributed by atoms with E-state index in [2.05, 4.69) is 6.07 Å². The molecule has 0 bridgehead atoms. The number of piperidine rings is 1. The summed E-state index contributed by atoms with van der Waals surface area (Å²) in [6, 6.07) is 2.11. The van der Waals surface area contributed by atoms with Crippen molar-refractivity contribution in [1.82, 2.24) is 5.12 Å². The van der Waals surface area contributed by atoms with E-state index in [1.54, 1.807) is 0 Å². The van der Waals surface area contributed by atoms with Gasteiger partial charge in [0.2, 0.25) is 0 Å². The highest BCUT2D eigenvalue weighted by Gasteiger charge is 2.17. The van der Waals surface area contributed by atoms with E-state index in [4.69, 9.17) is 5.26 Å². The van der Waals surface area contributed by atoms with E-state index in [-0.39, 0.29) is 0 Å². The molecule has 0 amide bonds. The Kier molecular flexibility index (Phi) is 2.64. The maximum atomic E-state index is 12.3. The third-order valence-corrected chi connectivity index (χ3v) is 1.94. The second-order valence-corrected chi connectivity index (χ2v) is 2.72. The normalized spacial score (nSPS) is 22.4. The summed E-state index contributed by atoms with van der Waals surface area (Å²) in [4.78, 5) is 0. The fraction of sp³-hybridized carbons (Fsp3) is 0.857. The maximum absolute atomic E-state index is 12.3. The van der Waals surface area contributed by atoms with Crippen molar-refractivity contribution in [1.29, 1.82) is 5.26 Å². The van der Waals surface area contributed by atoms with Gasteiger partial charge in [-0.25, -0.2) is 0 Å². The third kappa shape index (κ3) is 1.96. The van der Waals surface area contributed by atoms with Crippen molar-refractivity contribution in [2.24, 2.45) is 5.92 Å². The largest absolute Gasteiger partial charge is 0.198 e. The number of hydrogen-bond acceptors (Lipinski definition) is 2. The second kappa shape index (κ2) is 3.52. The van der Waals surface area contributed by atoms with Crippen molar-refractivity contribution in [3.05, 3.63) is 0 Å². The Hall–Kier alpha value is -0.620. The molecule has 0 spiro atoms. The molecule has 56 valence electrons. The Morgan fingerprint density at radius 3 is 2.60 bits per heavy atom. The summed E-state index contributed by atoms with van der Waals surface area (Å²) in [5.41, 5.74) is 0. The van der Waals surface area contributed by atoms with Crippen LogP contribution in [-0.2, 0) is 0 Å². The lowest BCUT2D eigenvalue weighted by molar-refractivity contribution is -0.00797. The van der Waals surface area contributed by atoms with Crippen LogP contribution in [0, 0.1) is 17.2 Å². The van der Waals surface area contributed by atoms with Gasteiger partial charge in [-0.05, 0) is 18.8 Å². The maximum Gasteiger partial charge on any atom is 0.0624 e. The SMILES string of the molecule is N#CCC1CCN(F)CC1. The molecular weight excluding hydrogens is 131 g/mol. The molecule has 0 aromatic carbocycles. The van der Waals surface area contributed by atoms with Crippen LogP contribution in [0.5, 0.6) is 0 Å². The lowest BCUT2D eigenvalue weighted by Gasteiger charge is -2.23. The van der Waals surface area contributed by atoms with Crippen LogP contribution in [0.1, 0.15) is 19.3 Å². The Bertz CT molecular complexity index is 133. The zero-order chi connectivity index (χ0) is 7.40. The van der Waals surface area contributed by atoms with E-state index in [9.17, 15) is 4.48 Å². The van der Waals surface area contributed by atoms with E-state index in [0.29, 0.717) is 25.4 Å². The van der Waals surface area contributed by atoms with Crippen molar-refractivity contribution in [2.75, 3.05) is 13.1 Å². The monoisotopic (exact) mass is 142 g/mol. The molecule has 1 saturated heterocycles. The molecule has 2 nitrogen and oxygen atoms in total. The van der Waals surface area contributed by atoms with E-state index in [0.717, 1.165) is 18.0 Å². The minimum Gasteiger partial charge on any atom is -0.198 e. The van der Waals surface area contributed by atoms with Crippen LogP contribution in [0.2, 0.25) is 0 Å². The minimum absolute atomic E-state index is 0.442. The summed E-state index contributed by atoms with van der Waals surface area (Å²) in [7, 11) is 0. The van der Waals surface area contributed by atoms with Crippen LogP contribution in [0.4, 0.5) is 4.48 Å². The number of halogens is 1. The minimum atomic E-state index is 0.442. The molecule has 0 saturated carbocycles. The quantitative estimate of drug-likeness (QED) is 0.519. The van der Waals surface area contributed by atoms with Crippen molar-refractivity contribution in [3.63, 3.8) is 0 Å². The highest BCUT2D eigenvalue weighted by atomic mass is 19.2.